The lowest BCUT2D eigenvalue weighted by atomic mass is 9.99. The van der Waals surface area contributed by atoms with E-state index in [1.54, 1.807) is 4.90 Å². The minimum atomic E-state index is -1.10. The SMILES string of the molecule is Cc1ccc2c(c1)CCCN2C(=O)c1ccc(C(=O)O)nc1. The van der Waals surface area contributed by atoms with E-state index in [0.29, 0.717) is 12.1 Å². The number of aryl methyl sites for hydroxylation is 2. The van der Waals surface area contributed by atoms with Crippen LogP contribution in [0.25, 0.3) is 0 Å². The predicted molar refractivity (Wildman–Crippen MR) is 82.4 cm³/mol. The molecule has 0 spiro atoms. The number of aromatic carboxylic acids is 1. The molecule has 0 atom stereocenters. The molecule has 0 aliphatic carbocycles. The van der Waals surface area contributed by atoms with Gasteiger partial charge < -0.3 is 10.0 Å². The molecule has 0 bridgehead atoms. The summed E-state index contributed by atoms with van der Waals surface area (Å²) >= 11 is 0. The Hall–Kier alpha value is -2.69. The molecular weight excluding hydrogens is 280 g/mol. The summed E-state index contributed by atoms with van der Waals surface area (Å²) in [4.78, 5) is 29.1. The van der Waals surface area contributed by atoms with E-state index in [9.17, 15) is 9.59 Å². The van der Waals surface area contributed by atoms with Crippen molar-refractivity contribution < 1.29 is 14.7 Å². The highest BCUT2D eigenvalue weighted by Crippen LogP contribution is 2.29. The van der Waals surface area contributed by atoms with Gasteiger partial charge in [-0.25, -0.2) is 9.78 Å². The number of carbonyl (C=O) groups is 2. The van der Waals surface area contributed by atoms with E-state index in [1.165, 1.54) is 29.5 Å². The van der Waals surface area contributed by atoms with Gasteiger partial charge in [-0.2, -0.15) is 0 Å². The van der Waals surface area contributed by atoms with Crippen LogP contribution in [0.3, 0.4) is 0 Å². The van der Waals surface area contributed by atoms with Gasteiger partial charge in [0.15, 0.2) is 0 Å². The number of aromatic nitrogens is 1. The van der Waals surface area contributed by atoms with Crippen molar-refractivity contribution in [2.24, 2.45) is 0 Å². The van der Waals surface area contributed by atoms with Gasteiger partial charge in [-0.05, 0) is 43.5 Å². The Bertz CT molecular complexity index is 738. The predicted octanol–water partition coefficient (Wildman–Crippen LogP) is 2.68. The van der Waals surface area contributed by atoms with Crippen LogP contribution in [0.4, 0.5) is 5.69 Å². The maximum absolute atomic E-state index is 12.7. The topological polar surface area (TPSA) is 70.5 Å². The molecule has 5 nitrogen and oxygen atoms in total. The maximum atomic E-state index is 12.7. The summed E-state index contributed by atoms with van der Waals surface area (Å²) in [5.41, 5.74) is 3.63. The number of carboxylic acids is 1. The fourth-order valence-corrected chi connectivity index (χ4v) is 2.74. The van der Waals surface area contributed by atoms with E-state index in [-0.39, 0.29) is 11.6 Å². The zero-order valence-corrected chi connectivity index (χ0v) is 12.2. The van der Waals surface area contributed by atoms with Gasteiger partial charge in [-0.1, -0.05) is 17.7 Å². The molecule has 2 aromatic rings. The highest BCUT2D eigenvalue weighted by atomic mass is 16.4. The normalized spacial score (nSPS) is 13.6. The Morgan fingerprint density at radius 3 is 2.73 bits per heavy atom. The van der Waals surface area contributed by atoms with Gasteiger partial charge in [0, 0.05) is 18.4 Å². The van der Waals surface area contributed by atoms with Crippen LogP contribution in [0, 0.1) is 6.92 Å². The average Bonchev–Trinajstić information content (AvgIpc) is 2.53. The van der Waals surface area contributed by atoms with Crippen molar-refractivity contribution in [1.82, 2.24) is 4.98 Å². The Morgan fingerprint density at radius 2 is 2.05 bits per heavy atom. The van der Waals surface area contributed by atoms with Gasteiger partial charge in [-0.3, -0.25) is 4.79 Å². The molecule has 0 saturated carbocycles. The third kappa shape index (κ3) is 2.57. The van der Waals surface area contributed by atoms with Gasteiger partial charge in [0.2, 0.25) is 0 Å². The van der Waals surface area contributed by atoms with Gasteiger partial charge in [0.1, 0.15) is 5.69 Å². The summed E-state index contributed by atoms with van der Waals surface area (Å²) in [6.07, 6.45) is 3.22. The van der Waals surface area contributed by atoms with Gasteiger partial charge in [0.05, 0.1) is 5.56 Å². The number of pyridine rings is 1. The van der Waals surface area contributed by atoms with Crippen molar-refractivity contribution in [3.63, 3.8) is 0 Å². The number of carbonyl (C=O) groups excluding carboxylic acids is 1. The van der Waals surface area contributed by atoms with Crippen molar-refractivity contribution in [2.45, 2.75) is 19.8 Å². The van der Waals surface area contributed by atoms with E-state index in [1.807, 2.05) is 19.1 Å². The summed E-state index contributed by atoms with van der Waals surface area (Å²) in [5, 5.41) is 8.86. The first-order valence-electron chi connectivity index (χ1n) is 7.17. The van der Waals surface area contributed by atoms with Crippen LogP contribution in [-0.4, -0.2) is 28.5 Å². The Morgan fingerprint density at radius 1 is 1.23 bits per heavy atom. The number of hydrogen-bond donors (Lipinski definition) is 1. The molecule has 1 N–H and O–H groups in total. The second kappa shape index (κ2) is 5.60. The summed E-state index contributed by atoms with van der Waals surface area (Å²) < 4.78 is 0. The zero-order valence-electron chi connectivity index (χ0n) is 12.2. The van der Waals surface area contributed by atoms with Crippen molar-refractivity contribution in [1.29, 1.82) is 0 Å². The van der Waals surface area contributed by atoms with E-state index in [2.05, 4.69) is 11.1 Å². The Balaban J connectivity index is 1.92. The zero-order chi connectivity index (χ0) is 15.7. The monoisotopic (exact) mass is 296 g/mol. The Kier molecular flexibility index (Phi) is 3.63. The van der Waals surface area contributed by atoms with Crippen molar-refractivity contribution in [3.8, 4) is 0 Å². The lowest BCUT2D eigenvalue weighted by molar-refractivity contribution is 0.0690. The number of anilines is 1. The molecule has 0 fully saturated rings. The van der Waals surface area contributed by atoms with Crippen molar-refractivity contribution in [2.75, 3.05) is 11.4 Å². The average molecular weight is 296 g/mol. The largest absolute Gasteiger partial charge is 0.477 e. The molecule has 112 valence electrons. The maximum Gasteiger partial charge on any atom is 0.354 e. The molecule has 1 aliphatic rings. The number of fused-ring (bicyclic) bond motifs is 1. The minimum absolute atomic E-state index is 0.0637. The third-order valence-electron chi connectivity index (χ3n) is 3.83. The molecule has 1 aliphatic heterocycles. The second-order valence-electron chi connectivity index (χ2n) is 5.43. The number of hydrogen-bond acceptors (Lipinski definition) is 3. The highest BCUT2D eigenvalue weighted by molar-refractivity contribution is 6.06. The molecule has 3 rings (SSSR count). The van der Waals surface area contributed by atoms with E-state index >= 15 is 0 Å². The van der Waals surface area contributed by atoms with E-state index in [4.69, 9.17) is 5.11 Å². The van der Waals surface area contributed by atoms with Crippen LogP contribution >= 0.6 is 0 Å². The van der Waals surface area contributed by atoms with Gasteiger partial charge in [-0.15, -0.1) is 0 Å². The standard InChI is InChI=1S/C17H16N2O3/c1-11-4-7-15-12(9-11)3-2-8-19(15)16(20)13-5-6-14(17(21)22)18-10-13/h4-7,9-10H,2-3,8H2,1H3,(H,21,22). The molecule has 5 heteroatoms. The van der Waals surface area contributed by atoms with Gasteiger partial charge in [0.25, 0.3) is 5.91 Å². The van der Waals surface area contributed by atoms with Crippen LogP contribution in [0.15, 0.2) is 36.5 Å². The van der Waals surface area contributed by atoms with E-state index in [0.717, 1.165) is 18.5 Å². The lowest BCUT2D eigenvalue weighted by Gasteiger charge is -2.29. The first kappa shape index (κ1) is 14.3. The number of benzene rings is 1. The summed E-state index contributed by atoms with van der Waals surface area (Å²) in [6.45, 7) is 2.70. The van der Waals surface area contributed by atoms with Crippen molar-refractivity contribution >= 4 is 17.6 Å². The quantitative estimate of drug-likeness (QED) is 0.925. The molecule has 0 unspecified atom stereocenters. The number of carboxylic acid groups (broad SMARTS) is 1. The lowest BCUT2D eigenvalue weighted by Crippen LogP contribution is -2.35. The number of amides is 1. The van der Waals surface area contributed by atoms with Gasteiger partial charge >= 0.3 is 5.97 Å². The molecule has 1 amide bonds. The highest BCUT2D eigenvalue weighted by Gasteiger charge is 2.24. The fraction of sp³-hybridized carbons (Fsp3) is 0.235. The molecule has 1 aromatic heterocycles. The summed E-state index contributed by atoms with van der Waals surface area (Å²) in [5.74, 6) is -1.24. The molecule has 0 saturated heterocycles. The van der Waals surface area contributed by atoms with Crippen LogP contribution in [-0.2, 0) is 6.42 Å². The summed E-state index contributed by atoms with van der Waals surface area (Å²) in [7, 11) is 0. The van der Waals surface area contributed by atoms with Crippen LogP contribution in [0.5, 0.6) is 0 Å². The number of nitrogens with zero attached hydrogens (tertiary/aromatic N) is 2. The second-order valence-corrected chi connectivity index (χ2v) is 5.43. The first-order valence-corrected chi connectivity index (χ1v) is 7.17. The molecule has 0 radical (unpaired) electrons. The molecule has 1 aromatic carbocycles. The molecule has 22 heavy (non-hydrogen) atoms. The third-order valence-corrected chi connectivity index (χ3v) is 3.83. The van der Waals surface area contributed by atoms with E-state index < -0.39 is 5.97 Å². The first-order chi connectivity index (χ1) is 10.6. The molecule has 2 heterocycles. The van der Waals surface area contributed by atoms with Crippen LogP contribution in [0.1, 0.15) is 38.4 Å². The molecular formula is C17H16N2O3. The van der Waals surface area contributed by atoms with Crippen LogP contribution < -0.4 is 4.90 Å². The van der Waals surface area contributed by atoms with Crippen LogP contribution in [0.2, 0.25) is 0 Å². The Labute approximate surface area is 128 Å². The summed E-state index contributed by atoms with van der Waals surface area (Å²) in [6, 6.07) is 8.95. The fourth-order valence-electron chi connectivity index (χ4n) is 2.74. The minimum Gasteiger partial charge on any atom is -0.477 e. The van der Waals surface area contributed by atoms with Crippen molar-refractivity contribution in [3.05, 3.63) is 58.9 Å². The number of rotatable bonds is 2. The smallest absolute Gasteiger partial charge is 0.354 e.